The summed E-state index contributed by atoms with van der Waals surface area (Å²) in [5.41, 5.74) is 6.88. The van der Waals surface area contributed by atoms with Crippen LogP contribution in [0.1, 0.15) is 34.2 Å². The third-order valence-electron chi connectivity index (χ3n) is 4.68. The number of amides is 1. The average Bonchev–Trinajstić information content (AvgIpc) is 3.06. The van der Waals surface area contributed by atoms with Crippen molar-refractivity contribution in [2.24, 2.45) is 5.10 Å². The Hall–Kier alpha value is -3.03. The van der Waals surface area contributed by atoms with Crippen LogP contribution >= 0.6 is 23.4 Å². The van der Waals surface area contributed by atoms with Crippen LogP contribution in [0.15, 0.2) is 64.6 Å². The van der Waals surface area contributed by atoms with Crippen LogP contribution in [0.4, 0.5) is 0 Å². The van der Waals surface area contributed by atoms with Crippen LogP contribution in [0, 0.1) is 13.8 Å². The first-order valence-electron chi connectivity index (χ1n) is 10.1. The summed E-state index contributed by atoms with van der Waals surface area (Å²) in [6.07, 6.45) is 1.64. The highest BCUT2D eigenvalue weighted by atomic mass is 35.5. The highest BCUT2D eigenvalue weighted by Crippen LogP contribution is 2.21. The Labute approximate surface area is 196 Å². The zero-order chi connectivity index (χ0) is 23.1. The third kappa shape index (κ3) is 6.02. The van der Waals surface area contributed by atoms with E-state index in [0.29, 0.717) is 17.2 Å². The minimum Gasteiger partial charge on any atom is -0.462 e. The van der Waals surface area contributed by atoms with Crippen molar-refractivity contribution in [1.82, 2.24) is 9.99 Å². The molecule has 0 fully saturated rings. The van der Waals surface area contributed by atoms with E-state index in [0.717, 1.165) is 27.5 Å². The number of halogens is 1. The highest BCUT2D eigenvalue weighted by Gasteiger charge is 2.11. The summed E-state index contributed by atoms with van der Waals surface area (Å²) in [6, 6.07) is 16.6. The SMILES string of the molecule is CCOC(=O)c1ccc(-n2c(C)cc(/C=N\NC(=O)CSc3ccc(Cl)cc3)c2C)cc1. The molecule has 1 heterocycles. The van der Waals surface area contributed by atoms with Gasteiger partial charge in [-0.2, -0.15) is 5.10 Å². The number of hydrazone groups is 1. The molecule has 0 bridgehead atoms. The number of carbonyl (C=O) groups excluding carboxylic acids is 2. The molecule has 1 aromatic heterocycles. The molecule has 0 atom stereocenters. The van der Waals surface area contributed by atoms with E-state index in [2.05, 4.69) is 15.1 Å². The lowest BCUT2D eigenvalue weighted by Gasteiger charge is -2.10. The molecule has 3 aromatic rings. The number of thioether (sulfide) groups is 1. The first-order valence-corrected chi connectivity index (χ1v) is 11.4. The van der Waals surface area contributed by atoms with Crippen molar-refractivity contribution < 1.29 is 14.3 Å². The minimum absolute atomic E-state index is 0.190. The number of carbonyl (C=O) groups is 2. The normalized spacial score (nSPS) is 11.0. The van der Waals surface area contributed by atoms with Crippen molar-refractivity contribution in [3.63, 3.8) is 0 Å². The molecule has 0 spiro atoms. The van der Waals surface area contributed by atoms with Gasteiger partial charge in [0.15, 0.2) is 0 Å². The molecular formula is C24H24ClN3O3S. The molecule has 0 aliphatic heterocycles. The van der Waals surface area contributed by atoms with Gasteiger partial charge in [-0.15, -0.1) is 11.8 Å². The van der Waals surface area contributed by atoms with Gasteiger partial charge in [0.25, 0.3) is 0 Å². The van der Waals surface area contributed by atoms with E-state index in [1.165, 1.54) is 11.8 Å². The van der Waals surface area contributed by atoms with E-state index in [1.54, 1.807) is 37.4 Å². The number of ether oxygens (including phenoxy) is 1. The molecule has 0 saturated heterocycles. The van der Waals surface area contributed by atoms with Gasteiger partial charge in [-0.05, 0) is 75.4 Å². The monoisotopic (exact) mass is 469 g/mol. The fraction of sp³-hybridized carbons (Fsp3) is 0.208. The van der Waals surface area contributed by atoms with Crippen LogP contribution < -0.4 is 5.43 Å². The van der Waals surface area contributed by atoms with E-state index in [-0.39, 0.29) is 17.6 Å². The van der Waals surface area contributed by atoms with Gasteiger partial charge in [0.05, 0.1) is 24.1 Å². The molecule has 0 aliphatic rings. The Bertz CT molecular complexity index is 1120. The molecule has 0 aliphatic carbocycles. The third-order valence-corrected chi connectivity index (χ3v) is 5.95. The van der Waals surface area contributed by atoms with E-state index in [4.69, 9.17) is 16.3 Å². The molecule has 0 saturated carbocycles. The molecule has 2 aromatic carbocycles. The number of benzene rings is 2. The van der Waals surface area contributed by atoms with Gasteiger partial charge in [-0.1, -0.05) is 11.6 Å². The summed E-state index contributed by atoms with van der Waals surface area (Å²) >= 11 is 7.28. The first-order chi connectivity index (χ1) is 15.4. The van der Waals surface area contributed by atoms with Crippen LogP contribution in [0.25, 0.3) is 5.69 Å². The van der Waals surface area contributed by atoms with Crippen molar-refractivity contribution in [3.8, 4) is 5.69 Å². The number of nitrogens with one attached hydrogen (secondary N) is 1. The van der Waals surface area contributed by atoms with Crippen molar-refractivity contribution in [3.05, 3.63) is 82.1 Å². The van der Waals surface area contributed by atoms with Crippen molar-refractivity contribution in [1.29, 1.82) is 0 Å². The molecule has 3 rings (SSSR count). The van der Waals surface area contributed by atoms with Crippen LogP contribution in [0.2, 0.25) is 5.02 Å². The standard InChI is InChI=1S/C24H24ClN3O3S/c1-4-31-24(30)18-5-9-21(10-6-18)28-16(2)13-19(17(28)3)14-26-27-23(29)15-32-22-11-7-20(25)8-12-22/h5-14H,4,15H2,1-3H3,(H,27,29)/b26-14-. The van der Waals surface area contributed by atoms with Gasteiger partial charge in [0.1, 0.15) is 0 Å². The fourth-order valence-electron chi connectivity index (χ4n) is 3.16. The molecular weight excluding hydrogens is 446 g/mol. The maximum atomic E-state index is 12.1. The molecule has 8 heteroatoms. The number of hydrogen-bond acceptors (Lipinski definition) is 5. The summed E-state index contributed by atoms with van der Waals surface area (Å²) in [6.45, 7) is 6.09. The average molecular weight is 470 g/mol. The first kappa shape index (κ1) is 23.6. The largest absolute Gasteiger partial charge is 0.462 e. The Balaban J connectivity index is 1.62. The van der Waals surface area contributed by atoms with E-state index < -0.39 is 0 Å². The molecule has 32 heavy (non-hydrogen) atoms. The van der Waals surface area contributed by atoms with Crippen molar-refractivity contribution >= 4 is 41.5 Å². The number of aromatic nitrogens is 1. The lowest BCUT2D eigenvalue weighted by atomic mass is 10.2. The Morgan fingerprint density at radius 3 is 2.47 bits per heavy atom. The minimum atomic E-state index is -0.335. The molecule has 1 amide bonds. The van der Waals surface area contributed by atoms with Gasteiger partial charge in [-0.25, -0.2) is 10.2 Å². The maximum absolute atomic E-state index is 12.1. The lowest BCUT2D eigenvalue weighted by Crippen LogP contribution is -2.19. The smallest absolute Gasteiger partial charge is 0.338 e. The Morgan fingerprint density at radius 1 is 1.12 bits per heavy atom. The maximum Gasteiger partial charge on any atom is 0.338 e. The highest BCUT2D eigenvalue weighted by molar-refractivity contribution is 8.00. The number of nitrogens with zero attached hydrogens (tertiary/aromatic N) is 2. The summed E-state index contributed by atoms with van der Waals surface area (Å²) in [7, 11) is 0. The lowest BCUT2D eigenvalue weighted by molar-refractivity contribution is -0.118. The summed E-state index contributed by atoms with van der Waals surface area (Å²) < 4.78 is 7.10. The van der Waals surface area contributed by atoms with Crippen LogP contribution in [-0.2, 0) is 9.53 Å². The van der Waals surface area contributed by atoms with E-state index in [9.17, 15) is 9.59 Å². The second kappa shape index (κ2) is 11.0. The topological polar surface area (TPSA) is 72.7 Å². The van der Waals surface area contributed by atoms with Gasteiger partial charge in [0.2, 0.25) is 5.91 Å². The Morgan fingerprint density at radius 2 is 1.81 bits per heavy atom. The summed E-state index contributed by atoms with van der Waals surface area (Å²) in [5, 5.41) is 4.76. The predicted molar refractivity (Wildman–Crippen MR) is 129 cm³/mol. The van der Waals surface area contributed by atoms with Gasteiger partial charge < -0.3 is 9.30 Å². The summed E-state index contributed by atoms with van der Waals surface area (Å²) in [4.78, 5) is 24.9. The second-order valence-electron chi connectivity index (χ2n) is 6.96. The molecule has 1 N–H and O–H groups in total. The van der Waals surface area contributed by atoms with Crippen LogP contribution in [0.5, 0.6) is 0 Å². The predicted octanol–water partition coefficient (Wildman–Crippen LogP) is 5.17. The van der Waals surface area contributed by atoms with Crippen molar-refractivity contribution in [2.75, 3.05) is 12.4 Å². The van der Waals surface area contributed by atoms with Crippen molar-refractivity contribution in [2.45, 2.75) is 25.7 Å². The van der Waals surface area contributed by atoms with Gasteiger partial charge in [0, 0.05) is 32.6 Å². The van der Waals surface area contributed by atoms with Gasteiger partial charge in [-0.3, -0.25) is 4.79 Å². The van der Waals surface area contributed by atoms with Gasteiger partial charge >= 0.3 is 5.97 Å². The van der Waals surface area contributed by atoms with E-state index >= 15 is 0 Å². The molecule has 0 radical (unpaired) electrons. The molecule has 0 unspecified atom stereocenters. The zero-order valence-electron chi connectivity index (χ0n) is 18.1. The Kier molecular flexibility index (Phi) is 8.14. The molecule has 6 nitrogen and oxygen atoms in total. The zero-order valence-corrected chi connectivity index (χ0v) is 19.7. The number of hydrogen-bond donors (Lipinski definition) is 1. The molecule has 166 valence electrons. The fourth-order valence-corrected chi connectivity index (χ4v) is 3.98. The van der Waals surface area contributed by atoms with E-state index in [1.807, 2.05) is 44.2 Å². The quantitative estimate of drug-likeness (QED) is 0.214. The number of rotatable bonds is 8. The van der Waals surface area contributed by atoms with Crippen LogP contribution in [-0.4, -0.2) is 35.0 Å². The van der Waals surface area contributed by atoms with Crippen LogP contribution in [0.3, 0.4) is 0 Å². The second-order valence-corrected chi connectivity index (χ2v) is 8.45. The summed E-state index contributed by atoms with van der Waals surface area (Å²) in [5.74, 6) is -0.271. The number of esters is 1. The number of aryl methyl sites for hydroxylation is 1.